The van der Waals surface area contributed by atoms with Crippen LogP contribution < -0.4 is 0 Å². The summed E-state index contributed by atoms with van der Waals surface area (Å²) >= 11 is 0. The van der Waals surface area contributed by atoms with E-state index < -0.39 is 20.5 Å². The van der Waals surface area contributed by atoms with Gasteiger partial charge in [0.05, 0.1) is 10.7 Å². The SMILES string of the molecule is CS(=O)(=O)C/C(=N/O)c1cccc([N+](=O)[O-])c1. The molecule has 1 N–H and O–H groups in total. The predicted molar refractivity (Wildman–Crippen MR) is 61.1 cm³/mol. The number of nitro groups is 1. The predicted octanol–water partition coefficient (Wildman–Crippen LogP) is 0.818. The van der Waals surface area contributed by atoms with E-state index >= 15 is 0 Å². The number of nitro benzene ring substituents is 1. The van der Waals surface area contributed by atoms with Gasteiger partial charge in [-0.2, -0.15) is 0 Å². The number of hydrogen-bond donors (Lipinski definition) is 1. The lowest BCUT2D eigenvalue weighted by molar-refractivity contribution is -0.384. The van der Waals surface area contributed by atoms with Gasteiger partial charge in [0.2, 0.25) is 0 Å². The van der Waals surface area contributed by atoms with Crippen LogP contribution in [-0.4, -0.2) is 36.3 Å². The Hall–Kier alpha value is -1.96. The number of benzene rings is 1. The van der Waals surface area contributed by atoms with Gasteiger partial charge in [-0.05, 0) is 0 Å². The summed E-state index contributed by atoms with van der Waals surface area (Å²) in [6, 6.07) is 5.24. The molecule has 0 aliphatic heterocycles. The van der Waals surface area contributed by atoms with E-state index in [0.29, 0.717) is 0 Å². The molecule has 0 unspecified atom stereocenters. The van der Waals surface area contributed by atoms with Crippen LogP contribution >= 0.6 is 0 Å². The lowest BCUT2D eigenvalue weighted by Crippen LogP contribution is -2.16. The third-order valence-electron chi connectivity index (χ3n) is 1.91. The molecule has 92 valence electrons. The third-order valence-corrected chi connectivity index (χ3v) is 2.71. The van der Waals surface area contributed by atoms with Gasteiger partial charge in [-0.3, -0.25) is 10.1 Å². The van der Waals surface area contributed by atoms with E-state index in [-0.39, 0.29) is 17.0 Å². The summed E-state index contributed by atoms with van der Waals surface area (Å²) in [6.07, 6.45) is 0.982. The van der Waals surface area contributed by atoms with Gasteiger partial charge in [0.15, 0.2) is 9.84 Å². The van der Waals surface area contributed by atoms with Gasteiger partial charge in [-0.25, -0.2) is 8.42 Å². The molecule has 1 aromatic carbocycles. The molecule has 0 atom stereocenters. The van der Waals surface area contributed by atoms with Gasteiger partial charge in [-0.1, -0.05) is 17.3 Å². The summed E-state index contributed by atoms with van der Waals surface area (Å²) < 4.78 is 22.1. The van der Waals surface area contributed by atoms with E-state index in [1.165, 1.54) is 18.2 Å². The Balaban J connectivity index is 3.14. The first kappa shape index (κ1) is 13.1. The Labute approximate surface area is 97.4 Å². The number of rotatable bonds is 4. The molecule has 0 aliphatic carbocycles. The Morgan fingerprint density at radius 1 is 1.53 bits per heavy atom. The van der Waals surface area contributed by atoms with Crippen molar-refractivity contribution >= 4 is 21.2 Å². The molecule has 0 fully saturated rings. The molecule has 7 nitrogen and oxygen atoms in total. The second-order valence-electron chi connectivity index (χ2n) is 3.42. The summed E-state index contributed by atoms with van der Waals surface area (Å²) in [7, 11) is -3.38. The maximum atomic E-state index is 11.1. The molecule has 0 aliphatic rings. The van der Waals surface area contributed by atoms with Crippen molar-refractivity contribution < 1.29 is 18.5 Å². The van der Waals surface area contributed by atoms with E-state index in [1.54, 1.807) is 0 Å². The van der Waals surface area contributed by atoms with E-state index in [1.807, 2.05) is 0 Å². The molecule has 1 rings (SSSR count). The number of hydrogen-bond acceptors (Lipinski definition) is 6. The summed E-state index contributed by atoms with van der Waals surface area (Å²) in [4.78, 5) is 9.92. The maximum Gasteiger partial charge on any atom is 0.270 e. The summed E-state index contributed by atoms with van der Waals surface area (Å²) in [5.41, 5.74) is -0.125. The van der Waals surface area contributed by atoms with Crippen LogP contribution in [0.5, 0.6) is 0 Å². The minimum atomic E-state index is -3.38. The molecule has 8 heteroatoms. The highest BCUT2D eigenvalue weighted by molar-refractivity contribution is 7.91. The van der Waals surface area contributed by atoms with Gasteiger partial charge >= 0.3 is 0 Å². The normalized spacial score (nSPS) is 12.4. The first-order valence-corrected chi connectivity index (χ1v) is 6.53. The molecule has 0 saturated heterocycles. The molecule has 0 spiro atoms. The highest BCUT2D eigenvalue weighted by Gasteiger charge is 2.15. The molecule has 0 heterocycles. The first-order chi connectivity index (χ1) is 7.83. The monoisotopic (exact) mass is 258 g/mol. The largest absolute Gasteiger partial charge is 0.411 e. The second-order valence-corrected chi connectivity index (χ2v) is 5.56. The van der Waals surface area contributed by atoms with Crippen LogP contribution in [0.4, 0.5) is 5.69 Å². The first-order valence-electron chi connectivity index (χ1n) is 4.47. The molecular formula is C9H10N2O5S. The summed E-state index contributed by atoms with van der Waals surface area (Å²) in [5, 5.41) is 22.1. The van der Waals surface area contributed by atoms with Crippen molar-refractivity contribution in [3.8, 4) is 0 Å². The Bertz CT molecular complexity index is 565. The van der Waals surface area contributed by atoms with Crippen LogP contribution in [0.15, 0.2) is 29.4 Å². The molecule has 0 radical (unpaired) electrons. The van der Waals surface area contributed by atoms with Crippen LogP contribution in [0, 0.1) is 10.1 Å². The lowest BCUT2D eigenvalue weighted by atomic mass is 10.1. The second kappa shape index (κ2) is 4.91. The van der Waals surface area contributed by atoms with E-state index in [0.717, 1.165) is 12.3 Å². The minimum absolute atomic E-state index is 0.129. The molecular weight excluding hydrogens is 248 g/mol. The molecule has 0 aromatic heterocycles. The average molecular weight is 258 g/mol. The van der Waals surface area contributed by atoms with Crippen molar-refractivity contribution in [2.45, 2.75) is 0 Å². The number of sulfone groups is 1. The molecule has 0 bridgehead atoms. The van der Waals surface area contributed by atoms with Crippen molar-refractivity contribution in [3.63, 3.8) is 0 Å². The van der Waals surface area contributed by atoms with Crippen LogP contribution in [0.2, 0.25) is 0 Å². The van der Waals surface area contributed by atoms with Crippen molar-refractivity contribution in [2.24, 2.45) is 5.16 Å². The summed E-state index contributed by atoms with van der Waals surface area (Å²) in [6.45, 7) is 0. The van der Waals surface area contributed by atoms with E-state index in [2.05, 4.69) is 5.16 Å². The van der Waals surface area contributed by atoms with E-state index in [4.69, 9.17) is 5.21 Å². The smallest absolute Gasteiger partial charge is 0.270 e. The van der Waals surface area contributed by atoms with Crippen molar-refractivity contribution in [3.05, 3.63) is 39.9 Å². The topological polar surface area (TPSA) is 110 Å². The number of oxime groups is 1. The van der Waals surface area contributed by atoms with Gasteiger partial charge in [0.25, 0.3) is 5.69 Å². The van der Waals surface area contributed by atoms with E-state index in [9.17, 15) is 18.5 Å². The fraction of sp³-hybridized carbons (Fsp3) is 0.222. The molecule has 17 heavy (non-hydrogen) atoms. The Morgan fingerprint density at radius 2 is 2.18 bits per heavy atom. The lowest BCUT2D eigenvalue weighted by Gasteiger charge is -2.02. The molecule has 0 saturated carbocycles. The van der Waals surface area contributed by atoms with Gasteiger partial charge < -0.3 is 5.21 Å². The van der Waals surface area contributed by atoms with Crippen molar-refractivity contribution in [1.82, 2.24) is 0 Å². The zero-order valence-electron chi connectivity index (χ0n) is 8.90. The number of nitrogens with zero attached hydrogens (tertiary/aromatic N) is 2. The quantitative estimate of drug-likeness (QED) is 0.372. The maximum absolute atomic E-state index is 11.1. The average Bonchev–Trinajstić information content (AvgIpc) is 2.25. The summed E-state index contributed by atoms with van der Waals surface area (Å²) in [5.74, 6) is -0.481. The zero-order chi connectivity index (χ0) is 13.1. The molecule has 1 aromatic rings. The van der Waals surface area contributed by atoms with Crippen LogP contribution in [-0.2, 0) is 9.84 Å². The van der Waals surface area contributed by atoms with Crippen LogP contribution in [0.3, 0.4) is 0 Å². The Morgan fingerprint density at radius 3 is 2.65 bits per heavy atom. The van der Waals surface area contributed by atoms with Crippen molar-refractivity contribution in [2.75, 3.05) is 12.0 Å². The third kappa shape index (κ3) is 3.83. The van der Waals surface area contributed by atoms with Gasteiger partial charge in [0.1, 0.15) is 5.71 Å². The zero-order valence-corrected chi connectivity index (χ0v) is 9.72. The van der Waals surface area contributed by atoms with Crippen LogP contribution in [0.1, 0.15) is 5.56 Å². The fourth-order valence-corrected chi connectivity index (χ4v) is 1.94. The number of non-ortho nitro benzene ring substituents is 1. The molecule has 0 amide bonds. The van der Waals surface area contributed by atoms with Gasteiger partial charge in [-0.15, -0.1) is 0 Å². The van der Waals surface area contributed by atoms with Crippen molar-refractivity contribution in [1.29, 1.82) is 0 Å². The highest BCUT2D eigenvalue weighted by Crippen LogP contribution is 2.14. The minimum Gasteiger partial charge on any atom is -0.411 e. The van der Waals surface area contributed by atoms with Gasteiger partial charge in [0, 0.05) is 24.0 Å². The Kier molecular flexibility index (Phi) is 3.79. The fourth-order valence-electron chi connectivity index (χ4n) is 1.22. The van der Waals surface area contributed by atoms with Crippen LogP contribution in [0.25, 0.3) is 0 Å². The highest BCUT2D eigenvalue weighted by atomic mass is 32.2. The standard InChI is InChI=1S/C9H10N2O5S/c1-17(15,16)6-9(10-12)7-3-2-4-8(5-7)11(13)14/h2-5,12H,6H2,1H3/b10-9-.